The molecule has 0 atom stereocenters. The van der Waals surface area contributed by atoms with E-state index in [4.69, 9.17) is 0 Å². The highest BCUT2D eigenvalue weighted by Crippen LogP contribution is 2.34. The van der Waals surface area contributed by atoms with Crippen molar-refractivity contribution in [3.8, 4) is 11.1 Å². The number of hydrogen-bond acceptors (Lipinski definition) is 5. The molecule has 0 amide bonds. The number of nitrogens with zero attached hydrogens (tertiary/aromatic N) is 4. The first-order chi connectivity index (χ1) is 13.7. The van der Waals surface area contributed by atoms with Gasteiger partial charge in [-0.25, -0.2) is 14.4 Å². The quantitative estimate of drug-likeness (QED) is 0.680. The van der Waals surface area contributed by atoms with E-state index in [0.717, 1.165) is 61.4 Å². The average Bonchev–Trinajstić information content (AvgIpc) is 3.20. The molecule has 28 heavy (non-hydrogen) atoms. The fourth-order valence-corrected chi connectivity index (χ4v) is 3.82. The summed E-state index contributed by atoms with van der Waals surface area (Å²) in [6, 6.07) is 6.72. The molecule has 0 saturated carbocycles. The zero-order chi connectivity index (χ0) is 19.3. The van der Waals surface area contributed by atoms with Crippen LogP contribution >= 0.6 is 0 Å². The van der Waals surface area contributed by atoms with E-state index < -0.39 is 0 Å². The molecule has 0 spiro atoms. The van der Waals surface area contributed by atoms with Gasteiger partial charge in [0.05, 0.1) is 6.20 Å². The topological polar surface area (TPSA) is 69.7 Å². The van der Waals surface area contributed by atoms with Crippen LogP contribution in [0.4, 0.5) is 10.3 Å². The molecule has 1 aliphatic heterocycles. The van der Waals surface area contributed by atoms with Crippen LogP contribution in [0.1, 0.15) is 36.9 Å². The van der Waals surface area contributed by atoms with Gasteiger partial charge < -0.3 is 5.32 Å². The van der Waals surface area contributed by atoms with Gasteiger partial charge in [-0.1, -0.05) is 12.1 Å². The predicted molar refractivity (Wildman–Crippen MR) is 107 cm³/mol. The van der Waals surface area contributed by atoms with Gasteiger partial charge in [0.25, 0.3) is 0 Å². The molecule has 0 aliphatic carbocycles. The monoisotopic (exact) mass is 380 g/mol. The van der Waals surface area contributed by atoms with Crippen LogP contribution in [0.2, 0.25) is 0 Å². The molecule has 0 unspecified atom stereocenters. The van der Waals surface area contributed by atoms with Crippen LogP contribution < -0.4 is 5.32 Å². The van der Waals surface area contributed by atoms with Gasteiger partial charge in [-0.2, -0.15) is 5.10 Å². The number of aromatic amines is 1. The van der Waals surface area contributed by atoms with Crippen molar-refractivity contribution >= 4 is 5.95 Å². The molecule has 7 heteroatoms. The molecule has 4 rings (SSSR count). The normalized spacial score (nSPS) is 15.6. The second-order valence-electron chi connectivity index (χ2n) is 7.20. The smallest absolute Gasteiger partial charge is 0.222 e. The predicted octanol–water partition coefficient (Wildman–Crippen LogP) is 3.82. The Balaban J connectivity index is 1.38. The van der Waals surface area contributed by atoms with Gasteiger partial charge in [-0.3, -0.25) is 10.00 Å². The van der Waals surface area contributed by atoms with Crippen LogP contribution in [0.15, 0.2) is 42.9 Å². The van der Waals surface area contributed by atoms with E-state index in [1.807, 2.05) is 25.4 Å². The number of piperidine rings is 1. The SMILES string of the molecule is CCNc1ncc(CN2CCC(c3[nH]ncc3-c3cccc(F)c3)CC2)cn1. The summed E-state index contributed by atoms with van der Waals surface area (Å²) in [4.78, 5) is 11.1. The summed E-state index contributed by atoms with van der Waals surface area (Å²) in [5, 5.41) is 10.5. The molecule has 3 aromatic rings. The Labute approximate surface area is 164 Å². The van der Waals surface area contributed by atoms with Gasteiger partial charge in [0.15, 0.2) is 0 Å². The lowest BCUT2D eigenvalue weighted by Crippen LogP contribution is -2.32. The standard InChI is InChI=1S/C21H25FN6/c1-2-23-21-24-11-15(12-25-21)14-28-8-6-16(7-9-28)20-19(13-26-27-20)17-4-3-5-18(22)10-17/h3-5,10-13,16H,2,6-9,14H2,1H3,(H,26,27)(H,23,24,25). The summed E-state index contributed by atoms with van der Waals surface area (Å²) >= 11 is 0. The van der Waals surface area contributed by atoms with Crippen LogP contribution in [0, 0.1) is 5.82 Å². The zero-order valence-corrected chi connectivity index (χ0v) is 16.0. The first kappa shape index (κ1) is 18.6. The average molecular weight is 380 g/mol. The van der Waals surface area contributed by atoms with Crippen molar-refractivity contribution in [3.05, 3.63) is 59.9 Å². The van der Waals surface area contributed by atoms with Crippen LogP contribution in [-0.4, -0.2) is 44.7 Å². The summed E-state index contributed by atoms with van der Waals surface area (Å²) in [7, 11) is 0. The first-order valence-electron chi connectivity index (χ1n) is 9.79. The fourth-order valence-electron chi connectivity index (χ4n) is 3.82. The van der Waals surface area contributed by atoms with E-state index in [9.17, 15) is 4.39 Å². The number of aromatic nitrogens is 4. The van der Waals surface area contributed by atoms with Gasteiger partial charge >= 0.3 is 0 Å². The van der Waals surface area contributed by atoms with Crippen LogP contribution in [-0.2, 0) is 6.54 Å². The highest BCUT2D eigenvalue weighted by Gasteiger charge is 2.24. The molecular formula is C21H25FN6. The van der Waals surface area contributed by atoms with E-state index in [0.29, 0.717) is 11.9 Å². The number of halogens is 1. The first-order valence-corrected chi connectivity index (χ1v) is 9.79. The Bertz CT molecular complexity index is 899. The molecular weight excluding hydrogens is 355 g/mol. The maximum absolute atomic E-state index is 13.6. The third-order valence-corrected chi connectivity index (χ3v) is 5.25. The zero-order valence-electron chi connectivity index (χ0n) is 16.0. The van der Waals surface area contributed by atoms with Gasteiger partial charge in [-0.05, 0) is 50.6 Å². The second kappa shape index (κ2) is 8.48. The Hall–Kier alpha value is -2.80. The maximum Gasteiger partial charge on any atom is 0.222 e. The lowest BCUT2D eigenvalue weighted by molar-refractivity contribution is 0.203. The Morgan fingerprint density at radius 1 is 1.18 bits per heavy atom. The molecule has 6 nitrogen and oxygen atoms in total. The van der Waals surface area contributed by atoms with Crippen molar-refractivity contribution in [2.45, 2.75) is 32.2 Å². The summed E-state index contributed by atoms with van der Waals surface area (Å²) in [6.07, 6.45) is 7.68. The largest absolute Gasteiger partial charge is 0.355 e. The van der Waals surface area contributed by atoms with E-state index in [1.165, 1.54) is 6.07 Å². The van der Waals surface area contributed by atoms with Crippen molar-refractivity contribution < 1.29 is 4.39 Å². The minimum atomic E-state index is -0.221. The van der Waals surface area contributed by atoms with Crippen LogP contribution in [0.5, 0.6) is 0 Å². The highest BCUT2D eigenvalue weighted by atomic mass is 19.1. The van der Waals surface area contributed by atoms with Gasteiger partial charge in [0.1, 0.15) is 5.82 Å². The Kier molecular flexibility index (Phi) is 5.62. The Morgan fingerprint density at radius 2 is 1.96 bits per heavy atom. The lowest BCUT2D eigenvalue weighted by atomic mass is 9.89. The summed E-state index contributed by atoms with van der Waals surface area (Å²) in [6.45, 7) is 5.71. The molecule has 1 aromatic carbocycles. The number of H-pyrrole nitrogens is 1. The van der Waals surface area contributed by atoms with Crippen LogP contribution in [0.3, 0.4) is 0 Å². The highest BCUT2D eigenvalue weighted by molar-refractivity contribution is 5.65. The maximum atomic E-state index is 13.6. The van der Waals surface area contributed by atoms with E-state index in [-0.39, 0.29) is 5.82 Å². The summed E-state index contributed by atoms with van der Waals surface area (Å²) < 4.78 is 13.6. The summed E-state index contributed by atoms with van der Waals surface area (Å²) in [5.41, 5.74) is 4.13. The van der Waals surface area contributed by atoms with E-state index >= 15 is 0 Å². The van der Waals surface area contributed by atoms with Crippen LogP contribution in [0.25, 0.3) is 11.1 Å². The number of nitrogens with one attached hydrogen (secondary N) is 2. The molecule has 1 aliphatic rings. The van der Waals surface area contributed by atoms with Gasteiger partial charge in [0, 0.05) is 48.2 Å². The minimum absolute atomic E-state index is 0.221. The summed E-state index contributed by atoms with van der Waals surface area (Å²) in [5.74, 6) is 0.861. The van der Waals surface area contributed by atoms with E-state index in [1.54, 1.807) is 18.3 Å². The third-order valence-electron chi connectivity index (χ3n) is 5.25. The van der Waals surface area contributed by atoms with Crippen molar-refractivity contribution in [1.29, 1.82) is 0 Å². The molecule has 1 saturated heterocycles. The van der Waals surface area contributed by atoms with Crippen molar-refractivity contribution in [1.82, 2.24) is 25.1 Å². The molecule has 1 fully saturated rings. The number of benzene rings is 1. The van der Waals surface area contributed by atoms with E-state index in [2.05, 4.69) is 30.4 Å². The molecule has 2 aromatic heterocycles. The van der Waals surface area contributed by atoms with Gasteiger partial charge in [0.2, 0.25) is 5.95 Å². The Morgan fingerprint density at radius 3 is 2.68 bits per heavy atom. The molecule has 0 radical (unpaired) electrons. The van der Waals surface area contributed by atoms with Crippen molar-refractivity contribution in [2.24, 2.45) is 0 Å². The number of anilines is 1. The van der Waals surface area contributed by atoms with Gasteiger partial charge in [-0.15, -0.1) is 0 Å². The molecule has 0 bridgehead atoms. The molecule has 2 N–H and O–H groups in total. The molecule has 146 valence electrons. The number of hydrogen-bond donors (Lipinski definition) is 2. The fraction of sp³-hybridized carbons (Fsp3) is 0.381. The lowest BCUT2D eigenvalue weighted by Gasteiger charge is -2.31. The third kappa shape index (κ3) is 4.20. The minimum Gasteiger partial charge on any atom is -0.355 e. The number of likely N-dealkylation sites (tertiary alicyclic amines) is 1. The second-order valence-corrected chi connectivity index (χ2v) is 7.20. The van der Waals surface area contributed by atoms with Crippen molar-refractivity contribution in [2.75, 3.05) is 25.0 Å². The number of rotatable bonds is 6. The molecule has 3 heterocycles. The van der Waals surface area contributed by atoms with Crippen molar-refractivity contribution in [3.63, 3.8) is 0 Å².